The molecule has 7 nitrogen and oxygen atoms in total. The van der Waals surface area contributed by atoms with Gasteiger partial charge in [0.15, 0.2) is 0 Å². The average molecular weight is 485 g/mol. The Balaban J connectivity index is 2.64. The molecule has 0 aliphatic carbocycles. The second-order valence-electron chi connectivity index (χ2n) is 7.69. The minimum absolute atomic E-state index is 0.0122. The third-order valence-electron chi connectivity index (χ3n) is 3.76. The number of rotatable bonds is 12. The maximum Gasteiger partial charge on any atom is 0.313 e. The molecule has 8 heteroatoms. The average Bonchev–Trinajstić information content (AvgIpc) is 2.59. The largest absolute Gasteiger partial charge is 0.466 e. The maximum atomic E-state index is 12.2. The third kappa shape index (κ3) is 11.2. The first-order valence-corrected chi connectivity index (χ1v) is 10.6. The summed E-state index contributed by atoms with van der Waals surface area (Å²) in [6, 6.07) is 7.23. The lowest BCUT2D eigenvalue weighted by Crippen LogP contribution is -2.25. The fourth-order valence-electron chi connectivity index (χ4n) is 2.54. The quantitative estimate of drug-likeness (QED) is 0.325. The number of hydrogen-bond donors (Lipinski definition) is 0. The van der Waals surface area contributed by atoms with Crippen LogP contribution < -0.4 is 0 Å². The summed E-state index contributed by atoms with van der Waals surface area (Å²) in [6.07, 6.45) is -1.29. The molecule has 0 fully saturated rings. The first kappa shape index (κ1) is 26.0. The zero-order valence-electron chi connectivity index (χ0n) is 17.9. The number of hydrogen-bond acceptors (Lipinski definition) is 7. The van der Waals surface area contributed by atoms with Crippen LogP contribution in [0.2, 0.25) is 0 Å². The van der Waals surface area contributed by atoms with Gasteiger partial charge in [-0.1, -0.05) is 28.1 Å². The van der Waals surface area contributed by atoms with Crippen LogP contribution >= 0.6 is 15.9 Å². The second kappa shape index (κ2) is 12.6. The summed E-state index contributed by atoms with van der Waals surface area (Å²) in [4.78, 5) is 47.5. The molecule has 0 saturated heterocycles. The zero-order valence-corrected chi connectivity index (χ0v) is 19.5. The molecule has 0 aliphatic heterocycles. The molecule has 0 heterocycles. The van der Waals surface area contributed by atoms with Crippen molar-refractivity contribution in [2.75, 3.05) is 13.2 Å². The lowest BCUT2D eigenvalue weighted by molar-refractivity contribution is -0.156. The number of Topliss-reactive ketones (excluding diaryl/α,β-unsaturated/α-hetero) is 2. The highest BCUT2D eigenvalue weighted by Gasteiger charge is 2.21. The summed E-state index contributed by atoms with van der Waals surface area (Å²) in [7, 11) is 0. The summed E-state index contributed by atoms with van der Waals surface area (Å²) in [5, 5.41) is 0. The minimum atomic E-state index is -0.653. The smallest absolute Gasteiger partial charge is 0.313 e. The van der Waals surface area contributed by atoms with Gasteiger partial charge in [0.2, 0.25) is 0 Å². The molecule has 0 aliphatic rings. The van der Waals surface area contributed by atoms with E-state index in [1.807, 2.05) is 12.1 Å². The Kier molecular flexibility index (Phi) is 10.9. The molecule has 1 aromatic carbocycles. The van der Waals surface area contributed by atoms with Crippen molar-refractivity contribution in [2.45, 2.75) is 65.1 Å². The first-order valence-electron chi connectivity index (χ1n) is 9.78. The molecule has 1 rings (SSSR count). The van der Waals surface area contributed by atoms with Gasteiger partial charge in [-0.15, -0.1) is 0 Å². The highest BCUT2D eigenvalue weighted by atomic mass is 79.9. The summed E-state index contributed by atoms with van der Waals surface area (Å²) in [5.41, 5.74) is 0.0924. The Labute approximate surface area is 185 Å². The van der Waals surface area contributed by atoms with E-state index in [0.29, 0.717) is 0 Å². The van der Waals surface area contributed by atoms with Crippen molar-refractivity contribution < 1.29 is 33.4 Å². The van der Waals surface area contributed by atoms with Crippen molar-refractivity contribution in [3.63, 3.8) is 0 Å². The van der Waals surface area contributed by atoms with Gasteiger partial charge in [0.1, 0.15) is 30.0 Å². The molecule has 0 aromatic heterocycles. The third-order valence-corrected chi connectivity index (χ3v) is 4.29. The van der Waals surface area contributed by atoms with Crippen molar-refractivity contribution in [2.24, 2.45) is 0 Å². The van der Waals surface area contributed by atoms with Crippen LogP contribution in [-0.4, -0.2) is 42.3 Å². The highest BCUT2D eigenvalue weighted by molar-refractivity contribution is 9.10. The van der Waals surface area contributed by atoms with Gasteiger partial charge in [0.25, 0.3) is 0 Å². The zero-order chi connectivity index (χ0) is 22.7. The molecule has 0 unspecified atom stereocenters. The van der Waals surface area contributed by atoms with E-state index in [0.717, 1.165) is 10.0 Å². The summed E-state index contributed by atoms with van der Waals surface area (Å²) in [6.45, 7) is 7.11. The van der Waals surface area contributed by atoms with E-state index in [4.69, 9.17) is 14.2 Å². The number of ketones is 2. The molecular formula is C22H29BrO7. The molecule has 0 N–H and O–H groups in total. The van der Waals surface area contributed by atoms with Crippen LogP contribution in [0.1, 0.15) is 65.0 Å². The Morgan fingerprint density at radius 2 is 1.57 bits per heavy atom. The van der Waals surface area contributed by atoms with Crippen molar-refractivity contribution in [1.82, 2.24) is 0 Å². The summed E-state index contributed by atoms with van der Waals surface area (Å²) >= 11 is 3.35. The SMILES string of the molecule is CCOC(=O)CC(=O)C[C@H](OCCC(=O)CC(=O)OC(C)(C)C)c1ccc(Br)cc1. The van der Waals surface area contributed by atoms with Crippen LogP contribution in [0.5, 0.6) is 0 Å². The molecule has 166 valence electrons. The van der Waals surface area contributed by atoms with Crippen LogP contribution in [0, 0.1) is 0 Å². The van der Waals surface area contributed by atoms with Gasteiger partial charge >= 0.3 is 11.9 Å². The Hall–Kier alpha value is -2.06. The molecule has 0 bridgehead atoms. The van der Waals surface area contributed by atoms with Crippen LogP contribution in [-0.2, 0) is 33.4 Å². The topological polar surface area (TPSA) is 96.0 Å². The molecular weight excluding hydrogens is 456 g/mol. The lowest BCUT2D eigenvalue weighted by atomic mass is 10.0. The van der Waals surface area contributed by atoms with Crippen LogP contribution in [0.15, 0.2) is 28.7 Å². The normalized spacial score (nSPS) is 12.2. The predicted molar refractivity (Wildman–Crippen MR) is 114 cm³/mol. The van der Waals surface area contributed by atoms with Crippen molar-refractivity contribution in [3.05, 3.63) is 34.3 Å². The lowest BCUT2D eigenvalue weighted by Gasteiger charge is -2.19. The van der Waals surface area contributed by atoms with Crippen molar-refractivity contribution >= 4 is 39.4 Å². The Morgan fingerprint density at radius 1 is 0.967 bits per heavy atom. The minimum Gasteiger partial charge on any atom is -0.466 e. The fourth-order valence-corrected chi connectivity index (χ4v) is 2.81. The van der Waals surface area contributed by atoms with E-state index in [1.54, 1.807) is 39.8 Å². The summed E-state index contributed by atoms with van der Waals surface area (Å²) < 4.78 is 16.6. The number of halogens is 1. The van der Waals surface area contributed by atoms with Crippen molar-refractivity contribution in [1.29, 1.82) is 0 Å². The van der Waals surface area contributed by atoms with Gasteiger partial charge < -0.3 is 14.2 Å². The van der Waals surface area contributed by atoms with E-state index in [-0.39, 0.29) is 50.5 Å². The van der Waals surface area contributed by atoms with E-state index >= 15 is 0 Å². The number of ether oxygens (including phenoxy) is 3. The van der Waals surface area contributed by atoms with E-state index in [2.05, 4.69) is 15.9 Å². The van der Waals surface area contributed by atoms with Crippen LogP contribution in [0.25, 0.3) is 0 Å². The van der Waals surface area contributed by atoms with Gasteiger partial charge in [-0.2, -0.15) is 0 Å². The fraction of sp³-hybridized carbons (Fsp3) is 0.545. The molecule has 1 aromatic rings. The molecule has 0 radical (unpaired) electrons. The van der Waals surface area contributed by atoms with Gasteiger partial charge in [-0.25, -0.2) is 0 Å². The van der Waals surface area contributed by atoms with Crippen LogP contribution in [0.3, 0.4) is 0 Å². The molecule has 0 spiro atoms. The maximum absolute atomic E-state index is 12.2. The Bertz CT molecular complexity index is 735. The van der Waals surface area contributed by atoms with Crippen molar-refractivity contribution in [3.8, 4) is 0 Å². The van der Waals surface area contributed by atoms with Gasteiger partial charge in [0, 0.05) is 17.3 Å². The summed E-state index contributed by atoms with van der Waals surface area (Å²) in [5.74, 6) is -1.79. The van der Waals surface area contributed by atoms with E-state index in [9.17, 15) is 19.2 Å². The number of benzene rings is 1. The molecule has 1 atom stereocenters. The van der Waals surface area contributed by atoms with E-state index in [1.165, 1.54) is 0 Å². The first-order chi connectivity index (χ1) is 14.0. The monoisotopic (exact) mass is 484 g/mol. The number of carbonyl (C=O) groups is 4. The molecule has 30 heavy (non-hydrogen) atoms. The van der Waals surface area contributed by atoms with Crippen LogP contribution in [0.4, 0.5) is 0 Å². The standard InChI is InChI=1S/C22H29BrO7/c1-5-28-20(26)14-18(25)12-19(15-6-8-16(23)9-7-15)29-11-10-17(24)13-21(27)30-22(2,3)4/h6-9,19H,5,10-14H2,1-4H3/t19-/m0/s1. The highest BCUT2D eigenvalue weighted by Crippen LogP contribution is 2.24. The predicted octanol–water partition coefficient (Wildman–Crippen LogP) is 4.11. The second-order valence-corrected chi connectivity index (χ2v) is 8.60. The number of esters is 2. The molecule has 0 amide bonds. The van der Waals surface area contributed by atoms with E-state index < -0.39 is 23.6 Å². The van der Waals surface area contributed by atoms with Gasteiger partial charge in [-0.3, -0.25) is 19.2 Å². The van der Waals surface area contributed by atoms with Gasteiger partial charge in [-0.05, 0) is 45.4 Å². The van der Waals surface area contributed by atoms with Gasteiger partial charge in [0.05, 0.1) is 19.3 Å². The molecule has 0 saturated carbocycles. The Morgan fingerprint density at radius 3 is 2.13 bits per heavy atom. The number of carbonyl (C=O) groups excluding carboxylic acids is 4.